The van der Waals surface area contributed by atoms with E-state index in [0.29, 0.717) is 32.4 Å². The number of carbonyl (C=O) groups excluding carboxylic acids is 1. The van der Waals surface area contributed by atoms with Crippen molar-refractivity contribution in [2.45, 2.75) is 60.9 Å². The number of aliphatic hydroxyl groups excluding tert-OH is 1. The number of halogens is 3. The van der Waals surface area contributed by atoms with Crippen LogP contribution in [-0.4, -0.2) is 85.3 Å². The molecule has 3 aliphatic heterocycles. The molecule has 0 radical (unpaired) electrons. The van der Waals surface area contributed by atoms with E-state index in [1.54, 1.807) is 23.1 Å². The summed E-state index contributed by atoms with van der Waals surface area (Å²) in [6.45, 7) is 0.596. The molecule has 33 heavy (non-hydrogen) atoms. The molecular formula is C21H28F3N3O5S. The number of piperidine rings is 1. The Morgan fingerprint density at radius 1 is 1.18 bits per heavy atom. The Morgan fingerprint density at radius 2 is 1.88 bits per heavy atom. The van der Waals surface area contributed by atoms with E-state index in [4.69, 9.17) is 4.74 Å². The third-order valence-electron chi connectivity index (χ3n) is 6.72. The number of hydrogen-bond donors (Lipinski definition) is 2. The summed E-state index contributed by atoms with van der Waals surface area (Å²) in [7, 11) is -4.10. The molecule has 2 atom stereocenters. The van der Waals surface area contributed by atoms with E-state index in [1.165, 1.54) is 6.07 Å². The fraction of sp³-hybridized carbons (Fsp3) is 0.667. The van der Waals surface area contributed by atoms with Crippen LogP contribution in [0.2, 0.25) is 0 Å². The molecular weight excluding hydrogens is 463 g/mol. The van der Waals surface area contributed by atoms with E-state index in [1.807, 2.05) is 0 Å². The molecule has 1 spiro atoms. The van der Waals surface area contributed by atoms with E-state index in [9.17, 15) is 31.5 Å². The van der Waals surface area contributed by atoms with Gasteiger partial charge in [-0.05, 0) is 25.0 Å². The summed E-state index contributed by atoms with van der Waals surface area (Å²) in [5.74, 6) is -0.331. The van der Waals surface area contributed by atoms with Crippen LogP contribution in [0.4, 0.5) is 13.2 Å². The Labute approximate surface area is 190 Å². The molecule has 2 saturated heterocycles. The lowest BCUT2D eigenvalue weighted by Gasteiger charge is -2.43. The van der Waals surface area contributed by atoms with E-state index >= 15 is 0 Å². The minimum absolute atomic E-state index is 0.0259. The number of amides is 1. The van der Waals surface area contributed by atoms with Crippen LogP contribution in [0.15, 0.2) is 29.2 Å². The van der Waals surface area contributed by atoms with Gasteiger partial charge in [-0.3, -0.25) is 4.79 Å². The van der Waals surface area contributed by atoms with Crippen molar-refractivity contribution in [3.63, 3.8) is 0 Å². The number of carbonyl (C=O) groups is 1. The molecule has 184 valence electrons. The molecule has 0 unspecified atom stereocenters. The smallest absolute Gasteiger partial charge is 0.390 e. The van der Waals surface area contributed by atoms with Crippen molar-refractivity contribution >= 4 is 15.9 Å². The number of para-hydroxylation sites is 1. The van der Waals surface area contributed by atoms with Crippen LogP contribution in [0.1, 0.15) is 32.1 Å². The first-order valence-corrected chi connectivity index (χ1v) is 12.5. The molecule has 3 heterocycles. The molecule has 2 fully saturated rings. The number of fused-ring (bicyclic) bond motifs is 2. The van der Waals surface area contributed by atoms with Gasteiger partial charge in [-0.15, -0.1) is 0 Å². The van der Waals surface area contributed by atoms with Crippen LogP contribution in [0, 0.1) is 0 Å². The van der Waals surface area contributed by atoms with Gasteiger partial charge < -0.3 is 20.1 Å². The predicted octanol–water partition coefficient (Wildman–Crippen LogP) is 1.50. The van der Waals surface area contributed by atoms with Crippen molar-refractivity contribution in [2.75, 3.05) is 32.8 Å². The lowest BCUT2D eigenvalue weighted by atomic mass is 9.84. The van der Waals surface area contributed by atoms with E-state index < -0.39 is 46.2 Å². The van der Waals surface area contributed by atoms with Crippen molar-refractivity contribution in [3.8, 4) is 5.75 Å². The topological polar surface area (TPSA) is 99.2 Å². The highest BCUT2D eigenvalue weighted by atomic mass is 32.2. The van der Waals surface area contributed by atoms with Crippen LogP contribution in [-0.2, 0) is 14.8 Å². The number of nitrogens with one attached hydrogen (secondary N) is 1. The van der Waals surface area contributed by atoms with Gasteiger partial charge in [0.15, 0.2) is 0 Å². The summed E-state index contributed by atoms with van der Waals surface area (Å²) >= 11 is 0. The van der Waals surface area contributed by atoms with Gasteiger partial charge in [0, 0.05) is 44.6 Å². The second kappa shape index (κ2) is 9.05. The van der Waals surface area contributed by atoms with Crippen molar-refractivity contribution in [1.29, 1.82) is 0 Å². The zero-order valence-corrected chi connectivity index (χ0v) is 18.9. The average Bonchev–Trinajstić information content (AvgIpc) is 3.15. The van der Waals surface area contributed by atoms with Gasteiger partial charge >= 0.3 is 6.18 Å². The van der Waals surface area contributed by atoms with Crippen LogP contribution in [0.3, 0.4) is 0 Å². The molecule has 1 aromatic carbocycles. The number of ether oxygens (including phenoxy) is 1. The third-order valence-corrected chi connectivity index (χ3v) is 8.64. The summed E-state index contributed by atoms with van der Waals surface area (Å²) in [5, 5.41) is 13.2. The summed E-state index contributed by atoms with van der Waals surface area (Å²) in [6, 6.07) is 5.11. The van der Waals surface area contributed by atoms with Crippen LogP contribution < -0.4 is 10.1 Å². The number of alkyl halides is 3. The maximum Gasteiger partial charge on any atom is 0.390 e. The fourth-order valence-electron chi connectivity index (χ4n) is 4.83. The summed E-state index contributed by atoms with van der Waals surface area (Å²) in [4.78, 5) is 14.9. The normalized spacial score (nSPS) is 28.3. The lowest BCUT2D eigenvalue weighted by Crippen LogP contribution is -2.59. The van der Waals surface area contributed by atoms with Crippen LogP contribution in [0.25, 0.3) is 0 Å². The van der Waals surface area contributed by atoms with Gasteiger partial charge in [0.2, 0.25) is 15.9 Å². The molecule has 0 aromatic heterocycles. The molecule has 1 aromatic rings. The molecule has 8 nitrogen and oxygen atoms in total. The van der Waals surface area contributed by atoms with Crippen molar-refractivity contribution < 1.29 is 36.2 Å². The Morgan fingerprint density at radius 3 is 2.58 bits per heavy atom. The van der Waals surface area contributed by atoms with E-state index in [0.717, 1.165) is 4.31 Å². The van der Waals surface area contributed by atoms with Gasteiger partial charge in [0.1, 0.15) is 16.7 Å². The monoisotopic (exact) mass is 491 g/mol. The second-order valence-corrected chi connectivity index (χ2v) is 10.9. The third kappa shape index (κ3) is 5.28. The first-order valence-electron chi connectivity index (χ1n) is 11.0. The predicted molar refractivity (Wildman–Crippen MR) is 112 cm³/mol. The van der Waals surface area contributed by atoms with Gasteiger partial charge in [0.05, 0.1) is 19.1 Å². The Balaban J connectivity index is 1.59. The maximum absolute atomic E-state index is 13.3. The van der Waals surface area contributed by atoms with E-state index in [2.05, 4.69) is 5.32 Å². The fourth-order valence-corrected chi connectivity index (χ4v) is 6.59. The molecule has 12 heteroatoms. The quantitative estimate of drug-likeness (QED) is 0.651. The number of hydrogen-bond acceptors (Lipinski definition) is 6. The summed E-state index contributed by atoms with van der Waals surface area (Å²) in [6.07, 6.45) is -4.90. The first kappa shape index (κ1) is 24.2. The average molecular weight is 492 g/mol. The Bertz CT molecular complexity index is 980. The van der Waals surface area contributed by atoms with Crippen molar-refractivity contribution in [2.24, 2.45) is 0 Å². The molecule has 0 bridgehead atoms. The Kier molecular flexibility index (Phi) is 6.64. The molecule has 2 N–H and O–H groups in total. The number of likely N-dealkylation sites (tertiary alicyclic amines) is 1. The van der Waals surface area contributed by atoms with E-state index in [-0.39, 0.29) is 36.8 Å². The summed E-state index contributed by atoms with van der Waals surface area (Å²) in [5.41, 5.74) is -0.728. The number of aliphatic hydroxyl groups is 1. The molecule has 0 aliphatic carbocycles. The van der Waals surface area contributed by atoms with Crippen molar-refractivity contribution in [3.05, 3.63) is 24.3 Å². The largest absolute Gasteiger partial charge is 0.492 e. The number of nitrogens with zero attached hydrogens (tertiary/aromatic N) is 2. The number of sulfonamides is 1. The highest BCUT2D eigenvalue weighted by Gasteiger charge is 2.47. The van der Waals surface area contributed by atoms with Crippen LogP contribution in [0.5, 0.6) is 5.75 Å². The summed E-state index contributed by atoms with van der Waals surface area (Å²) < 4.78 is 71.3. The van der Waals surface area contributed by atoms with Gasteiger partial charge in [0.25, 0.3) is 0 Å². The van der Waals surface area contributed by atoms with Gasteiger partial charge in [-0.2, -0.15) is 17.5 Å². The highest BCUT2D eigenvalue weighted by Crippen LogP contribution is 2.35. The van der Waals surface area contributed by atoms with Crippen LogP contribution >= 0.6 is 0 Å². The van der Waals surface area contributed by atoms with Gasteiger partial charge in [-0.25, -0.2) is 8.42 Å². The molecule has 1 amide bonds. The molecule has 4 rings (SSSR count). The highest BCUT2D eigenvalue weighted by molar-refractivity contribution is 7.89. The minimum atomic E-state index is -4.22. The molecule has 0 saturated carbocycles. The maximum atomic E-state index is 13.3. The van der Waals surface area contributed by atoms with Gasteiger partial charge in [-0.1, -0.05) is 12.1 Å². The Hall–Kier alpha value is -1.89. The zero-order valence-electron chi connectivity index (χ0n) is 18.1. The second-order valence-electron chi connectivity index (χ2n) is 9.00. The molecule has 3 aliphatic rings. The number of benzene rings is 1. The van der Waals surface area contributed by atoms with Crippen molar-refractivity contribution in [1.82, 2.24) is 14.5 Å². The first-order chi connectivity index (χ1) is 15.5. The lowest BCUT2D eigenvalue weighted by molar-refractivity contribution is -0.139. The standard InChI is InChI=1S/C21H28F3N3O5S/c22-21(23,24)7-11-26-9-5-20(6-10-26)8-12-32-17-3-1-2-4-18(17)33(30,31)27-14-15(28)13-16(27)19(29)25-20/h1-4,15-16,28H,5-14H2,(H,25,29)/t15-,16+/m1/s1. The minimum Gasteiger partial charge on any atom is -0.492 e. The SMILES string of the molecule is O=C1NC2(CCOc3ccccc3S(=O)(=O)N3C[C@H](O)C[C@@H]13)CCN(CCC(F)(F)F)CC2. The number of rotatable bonds is 2. The zero-order chi connectivity index (χ0) is 23.9.